The molecule has 1 aromatic heterocycles. The molecule has 2 heterocycles. The lowest BCUT2D eigenvalue weighted by atomic mass is 10.1. The van der Waals surface area contributed by atoms with Gasteiger partial charge < -0.3 is 4.90 Å². The number of anilines is 1. The molecule has 1 saturated carbocycles. The van der Waals surface area contributed by atoms with Crippen molar-refractivity contribution in [1.29, 1.82) is 0 Å². The molecule has 0 atom stereocenters. The minimum absolute atomic E-state index is 0.757. The zero-order valence-corrected chi connectivity index (χ0v) is 12.4. The highest BCUT2D eigenvalue weighted by Gasteiger charge is 2.28. The van der Waals surface area contributed by atoms with Gasteiger partial charge in [0.05, 0.1) is 12.3 Å². The summed E-state index contributed by atoms with van der Waals surface area (Å²) < 4.78 is 0. The Morgan fingerprint density at radius 3 is 2.71 bits per heavy atom. The summed E-state index contributed by atoms with van der Waals surface area (Å²) in [6.45, 7) is 1.90. The van der Waals surface area contributed by atoms with Gasteiger partial charge >= 0.3 is 0 Å². The van der Waals surface area contributed by atoms with Crippen molar-refractivity contribution in [3.8, 4) is 0 Å². The van der Waals surface area contributed by atoms with E-state index in [1.165, 1.54) is 12.8 Å². The van der Waals surface area contributed by atoms with Crippen LogP contribution in [-0.4, -0.2) is 23.8 Å². The van der Waals surface area contributed by atoms with E-state index in [9.17, 15) is 0 Å². The smallest absolute Gasteiger partial charge is 0.154 e. The normalized spacial score (nSPS) is 17.4. The minimum atomic E-state index is 0.757. The summed E-state index contributed by atoms with van der Waals surface area (Å²) in [6, 6.07) is 11.9. The second-order valence-corrected chi connectivity index (χ2v) is 6.17. The lowest BCUT2D eigenvalue weighted by molar-refractivity contribution is 0.754. The van der Waals surface area contributed by atoms with Crippen LogP contribution in [0.5, 0.6) is 0 Å². The minimum Gasteiger partial charge on any atom is -0.349 e. The molecule has 21 heavy (non-hydrogen) atoms. The van der Waals surface area contributed by atoms with Gasteiger partial charge in [0.2, 0.25) is 0 Å². The van der Waals surface area contributed by atoms with Crippen molar-refractivity contribution in [1.82, 2.24) is 4.98 Å². The van der Waals surface area contributed by atoms with Crippen molar-refractivity contribution in [3.05, 3.63) is 53.2 Å². The molecule has 1 aliphatic carbocycles. The zero-order valence-electron chi connectivity index (χ0n) is 11.7. The van der Waals surface area contributed by atoms with Crippen molar-refractivity contribution < 1.29 is 0 Å². The van der Waals surface area contributed by atoms with E-state index in [-0.39, 0.29) is 0 Å². The van der Waals surface area contributed by atoms with E-state index in [4.69, 9.17) is 16.6 Å². The van der Waals surface area contributed by atoms with Crippen molar-refractivity contribution in [3.63, 3.8) is 0 Å². The lowest BCUT2D eigenvalue weighted by Gasteiger charge is -2.29. The summed E-state index contributed by atoms with van der Waals surface area (Å²) in [5, 5.41) is 0.757. The number of aromatic nitrogens is 1. The van der Waals surface area contributed by atoms with E-state index in [1.807, 2.05) is 42.6 Å². The average Bonchev–Trinajstić information content (AvgIpc) is 3.32. The van der Waals surface area contributed by atoms with Gasteiger partial charge in [-0.15, -0.1) is 0 Å². The van der Waals surface area contributed by atoms with Crippen molar-refractivity contribution in [2.75, 3.05) is 18.0 Å². The predicted octanol–water partition coefficient (Wildman–Crippen LogP) is 4.09. The van der Waals surface area contributed by atoms with Gasteiger partial charge in [0.25, 0.3) is 0 Å². The Morgan fingerprint density at radius 1 is 1.14 bits per heavy atom. The molecule has 1 aliphatic heterocycles. The summed E-state index contributed by atoms with van der Waals surface area (Å²) in [6.07, 6.45) is 4.53. The van der Waals surface area contributed by atoms with Crippen LogP contribution in [0, 0.1) is 5.92 Å². The maximum Gasteiger partial charge on any atom is 0.154 e. The number of halogens is 1. The van der Waals surface area contributed by atoms with E-state index >= 15 is 0 Å². The number of rotatable bonds is 3. The number of pyridine rings is 1. The monoisotopic (exact) mass is 297 g/mol. The first-order valence-electron chi connectivity index (χ1n) is 7.33. The second-order valence-electron chi connectivity index (χ2n) is 5.74. The third kappa shape index (κ3) is 2.66. The molecular formula is C17H16ClN3. The molecule has 4 heteroatoms. The number of hydrogen-bond donors (Lipinski definition) is 0. The predicted molar refractivity (Wildman–Crippen MR) is 86.8 cm³/mol. The molecule has 2 aliphatic rings. The van der Waals surface area contributed by atoms with Gasteiger partial charge in [-0.25, -0.2) is 9.98 Å². The van der Waals surface area contributed by atoms with Crippen LogP contribution < -0.4 is 4.90 Å². The molecule has 0 saturated heterocycles. The van der Waals surface area contributed by atoms with Crippen molar-refractivity contribution >= 4 is 28.8 Å². The van der Waals surface area contributed by atoms with Crippen LogP contribution in [0.1, 0.15) is 18.4 Å². The van der Waals surface area contributed by atoms with Crippen molar-refractivity contribution in [2.45, 2.75) is 12.8 Å². The number of benzene rings is 1. The maximum absolute atomic E-state index is 5.98. The van der Waals surface area contributed by atoms with Gasteiger partial charge in [-0.3, -0.25) is 0 Å². The second kappa shape index (κ2) is 5.15. The summed E-state index contributed by atoms with van der Waals surface area (Å²) in [5.74, 6) is 1.84. The Balaban J connectivity index is 1.71. The molecule has 0 spiro atoms. The fourth-order valence-electron chi connectivity index (χ4n) is 2.72. The lowest BCUT2D eigenvalue weighted by Crippen LogP contribution is -2.35. The standard InChI is InChI=1S/C17H16ClN3/c18-14-7-5-13(6-8-14)16-11-21(10-12-3-4-12)17-15(20-16)2-1-9-19-17/h1-2,5-9,12H,3-4,10-11H2. The quantitative estimate of drug-likeness (QED) is 0.854. The van der Waals surface area contributed by atoms with Crippen LogP contribution in [0.3, 0.4) is 0 Å². The fraction of sp³-hybridized carbons (Fsp3) is 0.294. The molecule has 0 bridgehead atoms. The van der Waals surface area contributed by atoms with Gasteiger partial charge in [0.1, 0.15) is 5.69 Å². The number of hydrogen-bond acceptors (Lipinski definition) is 3. The van der Waals surface area contributed by atoms with E-state index in [2.05, 4.69) is 9.88 Å². The molecule has 1 aromatic carbocycles. The van der Waals surface area contributed by atoms with Crippen LogP contribution in [0.2, 0.25) is 5.02 Å². The van der Waals surface area contributed by atoms with Gasteiger partial charge in [0.15, 0.2) is 5.82 Å². The van der Waals surface area contributed by atoms with Gasteiger partial charge in [0, 0.05) is 17.8 Å². The SMILES string of the molecule is Clc1ccc(C2=Nc3cccnc3N(CC3CC3)C2)cc1. The molecule has 1 fully saturated rings. The molecular weight excluding hydrogens is 282 g/mol. The first-order valence-corrected chi connectivity index (χ1v) is 7.71. The number of nitrogens with zero attached hydrogens (tertiary/aromatic N) is 3. The molecule has 0 radical (unpaired) electrons. The Morgan fingerprint density at radius 2 is 1.95 bits per heavy atom. The average molecular weight is 298 g/mol. The first-order chi connectivity index (χ1) is 10.3. The van der Waals surface area contributed by atoms with Gasteiger partial charge in [-0.05, 0) is 48.6 Å². The first kappa shape index (κ1) is 12.8. The molecule has 0 N–H and O–H groups in total. The highest BCUT2D eigenvalue weighted by Crippen LogP contribution is 2.36. The highest BCUT2D eigenvalue weighted by atomic mass is 35.5. The molecule has 3 nitrogen and oxygen atoms in total. The van der Waals surface area contributed by atoms with E-state index in [0.29, 0.717) is 0 Å². The molecule has 0 unspecified atom stereocenters. The fourth-order valence-corrected chi connectivity index (χ4v) is 2.84. The summed E-state index contributed by atoms with van der Waals surface area (Å²) in [4.78, 5) is 11.7. The third-order valence-corrected chi connectivity index (χ3v) is 4.27. The highest BCUT2D eigenvalue weighted by molar-refractivity contribution is 6.30. The molecule has 106 valence electrons. The summed E-state index contributed by atoms with van der Waals surface area (Å²) in [7, 11) is 0. The number of aliphatic imine (C=N–C) groups is 1. The Kier molecular flexibility index (Phi) is 3.15. The number of fused-ring (bicyclic) bond motifs is 1. The summed E-state index contributed by atoms with van der Waals surface area (Å²) >= 11 is 5.98. The molecule has 2 aromatic rings. The summed E-state index contributed by atoms with van der Waals surface area (Å²) in [5.41, 5.74) is 3.19. The topological polar surface area (TPSA) is 28.5 Å². The van der Waals surface area contributed by atoms with E-state index in [0.717, 1.165) is 46.8 Å². The van der Waals surface area contributed by atoms with Crippen LogP contribution in [0.25, 0.3) is 0 Å². The Labute approximate surface area is 129 Å². The van der Waals surface area contributed by atoms with Gasteiger partial charge in [-0.2, -0.15) is 0 Å². The van der Waals surface area contributed by atoms with E-state index in [1.54, 1.807) is 0 Å². The largest absolute Gasteiger partial charge is 0.349 e. The molecule has 4 rings (SSSR count). The van der Waals surface area contributed by atoms with Crippen molar-refractivity contribution in [2.24, 2.45) is 10.9 Å². The molecule has 0 amide bonds. The van der Waals surface area contributed by atoms with Crippen LogP contribution in [0.15, 0.2) is 47.6 Å². The zero-order chi connectivity index (χ0) is 14.2. The van der Waals surface area contributed by atoms with Crippen LogP contribution in [0.4, 0.5) is 11.5 Å². The van der Waals surface area contributed by atoms with Gasteiger partial charge in [-0.1, -0.05) is 23.7 Å². The van der Waals surface area contributed by atoms with Crippen LogP contribution in [-0.2, 0) is 0 Å². The third-order valence-electron chi connectivity index (χ3n) is 4.01. The Hall–Kier alpha value is -1.87. The van der Waals surface area contributed by atoms with Crippen LogP contribution >= 0.6 is 11.6 Å². The van der Waals surface area contributed by atoms with E-state index < -0.39 is 0 Å². The maximum atomic E-state index is 5.98. The Bertz CT molecular complexity index is 689.